The monoisotopic (exact) mass is 301 g/mol. The van der Waals surface area contributed by atoms with Gasteiger partial charge in [-0.2, -0.15) is 0 Å². The van der Waals surface area contributed by atoms with Crippen molar-refractivity contribution < 1.29 is 9.59 Å². The molecular weight excluding hydrogens is 278 g/mol. The fraction of sp³-hybridized carbons (Fsp3) is 0.529. The van der Waals surface area contributed by atoms with Crippen LogP contribution in [0.3, 0.4) is 0 Å². The minimum absolute atomic E-state index is 0.0164. The van der Waals surface area contributed by atoms with Crippen LogP contribution in [0.2, 0.25) is 0 Å². The second kappa shape index (κ2) is 6.48. The number of hydrogen-bond acceptors (Lipinski definition) is 3. The van der Waals surface area contributed by atoms with Gasteiger partial charge in [-0.15, -0.1) is 0 Å². The normalized spacial score (nSPS) is 25.1. The van der Waals surface area contributed by atoms with E-state index < -0.39 is 0 Å². The molecule has 2 atom stereocenters. The highest BCUT2D eigenvalue weighted by Gasteiger charge is 2.35. The van der Waals surface area contributed by atoms with Gasteiger partial charge in [-0.3, -0.25) is 9.59 Å². The molecule has 1 aromatic rings. The zero-order chi connectivity index (χ0) is 15.5. The number of amides is 2. The molecular formula is C17H23N3O2. The Morgan fingerprint density at radius 1 is 1.32 bits per heavy atom. The Morgan fingerprint density at radius 2 is 2.09 bits per heavy atom. The zero-order valence-electron chi connectivity index (χ0n) is 13.0. The van der Waals surface area contributed by atoms with E-state index in [0.717, 1.165) is 25.1 Å². The number of aryl methyl sites for hydroxylation is 1. The minimum atomic E-state index is -0.344. The first-order chi connectivity index (χ1) is 10.7. The fourth-order valence-electron chi connectivity index (χ4n) is 3.24. The topological polar surface area (TPSA) is 61.4 Å². The van der Waals surface area contributed by atoms with Crippen LogP contribution < -0.4 is 10.6 Å². The number of nitrogens with zero attached hydrogens (tertiary/aromatic N) is 1. The Labute approximate surface area is 131 Å². The third kappa shape index (κ3) is 2.99. The summed E-state index contributed by atoms with van der Waals surface area (Å²) in [6, 6.07) is 8.19. The number of carbonyl (C=O) groups excluding carboxylic acids is 2. The largest absolute Gasteiger partial charge is 0.344 e. The van der Waals surface area contributed by atoms with Crippen LogP contribution in [-0.4, -0.2) is 42.4 Å². The molecule has 2 aliphatic rings. The van der Waals surface area contributed by atoms with E-state index in [4.69, 9.17) is 0 Å². The Bertz CT molecular complexity index is 556. The lowest BCUT2D eigenvalue weighted by atomic mass is 10.00. The average molecular weight is 301 g/mol. The van der Waals surface area contributed by atoms with Crippen molar-refractivity contribution in [3.05, 3.63) is 35.4 Å². The van der Waals surface area contributed by atoms with Crippen molar-refractivity contribution in [1.82, 2.24) is 15.5 Å². The Balaban J connectivity index is 1.78. The van der Waals surface area contributed by atoms with Gasteiger partial charge in [-0.1, -0.05) is 31.2 Å². The van der Waals surface area contributed by atoms with Gasteiger partial charge < -0.3 is 15.5 Å². The van der Waals surface area contributed by atoms with Crippen LogP contribution in [-0.2, 0) is 16.0 Å². The van der Waals surface area contributed by atoms with Gasteiger partial charge in [0, 0.05) is 26.1 Å². The van der Waals surface area contributed by atoms with E-state index in [9.17, 15) is 9.59 Å². The first-order valence-electron chi connectivity index (χ1n) is 8.08. The van der Waals surface area contributed by atoms with E-state index in [1.165, 1.54) is 5.56 Å². The van der Waals surface area contributed by atoms with Crippen LogP contribution in [0.5, 0.6) is 0 Å². The maximum Gasteiger partial charge on any atom is 0.245 e. The predicted molar refractivity (Wildman–Crippen MR) is 84.3 cm³/mol. The lowest BCUT2D eigenvalue weighted by Crippen LogP contribution is -2.53. The number of benzene rings is 1. The summed E-state index contributed by atoms with van der Waals surface area (Å²) in [5.74, 6) is 0.0363. The molecule has 0 saturated carbocycles. The molecule has 22 heavy (non-hydrogen) atoms. The summed E-state index contributed by atoms with van der Waals surface area (Å²) in [5.41, 5.74) is 2.45. The molecule has 2 aliphatic heterocycles. The molecule has 2 fully saturated rings. The molecule has 2 N–H and O–H groups in total. The standard InChI is InChI=1S/C17H23N3O2/c1-2-12-3-5-13(6-4-12)15-11-18-9-10-20(15)17(22)14-7-8-16(21)19-14/h3-6,14-15,18H,2,7-11H2,1H3,(H,19,21)/t14-,15?/m0/s1. The molecule has 118 valence electrons. The van der Waals surface area contributed by atoms with Gasteiger partial charge in [0.2, 0.25) is 11.8 Å². The van der Waals surface area contributed by atoms with Gasteiger partial charge in [0.25, 0.3) is 0 Å². The van der Waals surface area contributed by atoms with Crippen molar-refractivity contribution in [2.75, 3.05) is 19.6 Å². The summed E-state index contributed by atoms with van der Waals surface area (Å²) in [6.07, 6.45) is 2.08. The van der Waals surface area contributed by atoms with E-state index >= 15 is 0 Å². The molecule has 2 heterocycles. The van der Waals surface area contributed by atoms with Crippen LogP contribution in [0.15, 0.2) is 24.3 Å². The highest BCUT2D eigenvalue weighted by atomic mass is 16.2. The van der Waals surface area contributed by atoms with Crippen LogP contribution in [0.1, 0.15) is 36.9 Å². The van der Waals surface area contributed by atoms with Gasteiger partial charge >= 0.3 is 0 Å². The van der Waals surface area contributed by atoms with E-state index in [2.05, 4.69) is 41.8 Å². The van der Waals surface area contributed by atoms with E-state index in [-0.39, 0.29) is 23.9 Å². The molecule has 5 nitrogen and oxygen atoms in total. The molecule has 0 spiro atoms. The third-order valence-corrected chi connectivity index (χ3v) is 4.59. The van der Waals surface area contributed by atoms with Gasteiger partial charge in [0.15, 0.2) is 0 Å². The van der Waals surface area contributed by atoms with Crippen molar-refractivity contribution in [1.29, 1.82) is 0 Å². The smallest absolute Gasteiger partial charge is 0.245 e. The number of carbonyl (C=O) groups is 2. The van der Waals surface area contributed by atoms with Crippen LogP contribution in [0.25, 0.3) is 0 Å². The second-order valence-electron chi connectivity index (χ2n) is 6.01. The zero-order valence-corrected chi connectivity index (χ0v) is 13.0. The van der Waals surface area contributed by atoms with Crippen molar-refractivity contribution in [2.24, 2.45) is 0 Å². The SMILES string of the molecule is CCc1ccc(C2CNCCN2C(=O)[C@@H]2CCC(=O)N2)cc1. The summed E-state index contributed by atoms with van der Waals surface area (Å²) in [6.45, 7) is 4.38. The molecule has 5 heteroatoms. The summed E-state index contributed by atoms with van der Waals surface area (Å²) in [4.78, 5) is 26.0. The second-order valence-corrected chi connectivity index (χ2v) is 6.01. The molecule has 1 unspecified atom stereocenters. The van der Waals surface area contributed by atoms with E-state index in [1.54, 1.807) is 0 Å². The number of nitrogens with one attached hydrogen (secondary N) is 2. The first-order valence-corrected chi connectivity index (χ1v) is 8.08. The highest BCUT2D eigenvalue weighted by molar-refractivity contribution is 5.91. The molecule has 0 radical (unpaired) electrons. The first kappa shape index (κ1) is 15.0. The number of piperazine rings is 1. The number of rotatable bonds is 3. The maximum atomic E-state index is 12.7. The summed E-state index contributed by atoms with van der Waals surface area (Å²) in [5, 5.41) is 6.16. The molecule has 3 rings (SSSR count). The van der Waals surface area contributed by atoms with E-state index in [1.807, 2.05) is 4.90 Å². The highest BCUT2D eigenvalue weighted by Crippen LogP contribution is 2.25. The van der Waals surface area contributed by atoms with Crippen LogP contribution in [0.4, 0.5) is 0 Å². The molecule has 2 amide bonds. The molecule has 0 aromatic heterocycles. The van der Waals surface area contributed by atoms with Crippen molar-refractivity contribution in [3.8, 4) is 0 Å². The summed E-state index contributed by atoms with van der Waals surface area (Å²) in [7, 11) is 0. The van der Waals surface area contributed by atoms with Gasteiger partial charge in [-0.05, 0) is 24.0 Å². The van der Waals surface area contributed by atoms with Crippen LogP contribution in [0, 0.1) is 0 Å². The lowest BCUT2D eigenvalue weighted by Gasteiger charge is -2.38. The summed E-state index contributed by atoms with van der Waals surface area (Å²) >= 11 is 0. The Morgan fingerprint density at radius 3 is 2.73 bits per heavy atom. The third-order valence-electron chi connectivity index (χ3n) is 4.59. The van der Waals surface area contributed by atoms with Gasteiger partial charge in [0.05, 0.1) is 6.04 Å². The Kier molecular flexibility index (Phi) is 4.43. The maximum absolute atomic E-state index is 12.7. The van der Waals surface area contributed by atoms with Gasteiger partial charge in [0.1, 0.15) is 6.04 Å². The summed E-state index contributed by atoms with van der Waals surface area (Å²) < 4.78 is 0. The Hall–Kier alpha value is -1.88. The predicted octanol–water partition coefficient (Wildman–Crippen LogP) is 1.00. The quantitative estimate of drug-likeness (QED) is 0.875. The minimum Gasteiger partial charge on any atom is -0.344 e. The van der Waals surface area contributed by atoms with Crippen molar-refractivity contribution in [2.45, 2.75) is 38.3 Å². The van der Waals surface area contributed by atoms with Gasteiger partial charge in [-0.25, -0.2) is 0 Å². The molecule has 2 saturated heterocycles. The number of hydrogen-bond donors (Lipinski definition) is 2. The van der Waals surface area contributed by atoms with E-state index in [0.29, 0.717) is 19.4 Å². The molecule has 0 aliphatic carbocycles. The average Bonchev–Trinajstić information content (AvgIpc) is 3.01. The van der Waals surface area contributed by atoms with Crippen molar-refractivity contribution in [3.63, 3.8) is 0 Å². The van der Waals surface area contributed by atoms with Crippen LogP contribution >= 0.6 is 0 Å². The molecule has 0 bridgehead atoms. The van der Waals surface area contributed by atoms with Crippen molar-refractivity contribution >= 4 is 11.8 Å². The lowest BCUT2D eigenvalue weighted by molar-refractivity contribution is -0.137. The molecule has 1 aromatic carbocycles. The fourth-order valence-corrected chi connectivity index (χ4v) is 3.24.